The molecule has 1 aliphatic heterocycles. The number of hydrogen-bond acceptors (Lipinski definition) is 3. The number of nitrogens with zero attached hydrogens (tertiary/aromatic N) is 1. The van der Waals surface area contributed by atoms with Crippen molar-refractivity contribution in [1.82, 2.24) is 4.90 Å². The van der Waals surface area contributed by atoms with E-state index >= 15 is 0 Å². The first-order valence-electron chi connectivity index (χ1n) is 6.82. The molecule has 1 unspecified atom stereocenters. The highest BCUT2D eigenvalue weighted by Gasteiger charge is 2.35. The zero-order chi connectivity index (χ0) is 12.8. The van der Waals surface area contributed by atoms with Gasteiger partial charge in [0.2, 0.25) is 0 Å². The number of hydrogen-bond donors (Lipinski definition) is 0. The Balaban J connectivity index is 0.00000180. The SMILES string of the molecule is CCOC1(CC)CN(Cc2ccccc2)CCO1.Cl. The van der Waals surface area contributed by atoms with Crippen LogP contribution < -0.4 is 0 Å². The molecule has 0 radical (unpaired) electrons. The first-order valence-corrected chi connectivity index (χ1v) is 6.82. The highest BCUT2D eigenvalue weighted by atomic mass is 35.5. The van der Waals surface area contributed by atoms with E-state index in [1.165, 1.54) is 5.56 Å². The molecule has 1 saturated heterocycles. The van der Waals surface area contributed by atoms with Crippen molar-refractivity contribution < 1.29 is 9.47 Å². The molecule has 108 valence electrons. The molecule has 3 nitrogen and oxygen atoms in total. The molecule has 1 aliphatic rings. The Kier molecular flexibility index (Phi) is 6.80. The second-order valence-corrected chi connectivity index (χ2v) is 4.74. The summed E-state index contributed by atoms with van der Waals surface area (Å²) in [6.45, 7) is 8.40. The van der Waals surface area contributed by atoms with Crippen molar-refractivity contribution in [2.75, 3.05) is 26.3 Å². The van der Waals surface area contributed by atoms with Gasteiger partial charge in [0.25, 0.3) is 0 Å². The molecule has 2 rings (SSSR count). The maximum atomic E-state index is 5.86. The Hall–Kier alpha value is -0.610. The van der Waals surface area contributed by atoms with Crippen LogP contribution >= 0.6 is 12.4 Å². The van der Waals surface area contributed by atoms with Crippen molar-refractivity contribution in [3.8, 4) is 0 Å². The summed E-state index contributed by atoms with van der Waals surface area (Å²) >= 11 is 0. The van der Waals surface area contributed by atoms with Gasteiger partial charge in [-0.25, -0.2) is 0 Å². The van der Waals surface area contributed by atoms with E-state index in [-0.39, 0.29) is 12.4 Å². The van der Waals surface area contributed by atoms with E-state index in [2.05, 4.69) is 42.2 Å². The van der Waals surface area contributed by atoms with E-state index in [4.69, 9.17) is 9.47 Å². The minimum atomic E-state index is -0.401. The summed E-state index contributed by atoms with van der Waals surface area (Å²) in [4.78, 5) is 2.41. The predicted octanol–water partition coefficient (Wildman–Crippen LogP) is 3.08. The first kappa shape index (κ1) is 16.4. The Labute approximate surface area is 122 Å². The summed E-state index contributed by atoms with van der Waals surface area (Å²) in [7, 11) is 0. The van der Waals surface area contributed by atoms with Crippen LogP contribution in [-0.4, -0.2) is 37.0 Å². The Bertz CT molecular complexity index is 356. The van der Waals surface area contributed by atoms with Crippen molar-refractivity contribution >= 4 is 12.4 Å². The van der Waals surface area contributed by atoms with Crippen LogP contribution in [0, 0.1) is 0 Å². The quantitative estimate of drug-likeness (QED) is 0.830. The lowest BCUT2D eigenvalue weighted by Gasteiger charge is -2.41. The van der Waals surface area contributed by atoms with E-state index in [1.54, 1.807) is 0 Å². The van der Waals surface area contributed by atoms with Gasteiger partial charge in [-0.15, -0.1) is 12.4 Å². The van der Waals surface area contributed by atoms with Crippen LogP contribution in [0.1, 0.15) is 25.8 Å². The van der Waals surface area contributed by atoms with Gasteiger partial charge in [-0.2, -0.15) is 0 Å². The number of halogens is 1. The van der Waals surface area contributed by atoms with Crippen LogP contribution in [0.5, 0.6) is 0 Å². The fourth-order valence-corrected chi connectivity index (χ4v) is 2.47. The molecule has 0 amide bonds. The monoisotopic (exact) mass is 285 g/mol. The van der Waals surface area contributed by atoms with Gasteiger partial charge in [0, 0.05) is 19.7 Å². The van der Waals surface area contributed by atoms with Gasteiger partial charge in [-0.1, -0.05) is 37.3 Å². The third-order valence-electron chi connectivity index (χ3n) is 3.43. The van der Waals surface area contributed by atoms with Crippen LogP contribution in [0.4, 0.5) is 0 Å². The first-order chi connectivity index (χ1) is 8.78. The molecule has 1 atom stereocenters. The molecule has 0 N–H and O–H groups in total. The predicted molar refractivity (Wildman–Crippen MR) is 79.6 cm³/mol. The molecule has 0 aliphatic carbocycles. The highest BCUT2D eigenvalue weighted by molar-refractivity contribution is 5.85. The molecule has 1 heterocycles. The van der Waals surface area contributed by atoms with Crippen LogP contribution in [0.25, 0.3) is 0 Å². The van der Waals surface area contributed by atoms with Gasteiger partial charge in [0.15, 0.2) is 5.79 Å². The van der Waals surface area contributed by atoms with Crippen molar-refractivity contribution in [2.24, 2.45) is 0 Å². The van der Waals surface area contributed by atoms with Crippen LogP contribution in [0.3, 0.4) is 0 Å². The van der Waals surface area contributed by atoms with Crippen molar-refractivity contribution in [1.29, 1.82) is 0 Å². The summed E-state index contributed by atoms with van der Waals surface area (Å²) in [5.41, 5.74) is 1.35. The van der Waals surface area contributed by atoms with E-state index in [0.717, 1.165) is 32.7 Å². The van der Waals surface area contributed by atoms with Crippen molar-refractivity contribution in [2.45, 2.75) is 32.6 Å². The molecule has 1 aromatic rings. The minimum Gasteiger partial charge on any atom is -0.349 e. The Morgan fingerprint density at radius 2 is 2.00 bits per heavy atom. The smallest absolute Gasteiger partial charge is 0.180 e. The summed E-state index contributed by atoms with van der Waals surface area (Å²) in [5.74, 6) is -0.401. The Morgan fingerprint density at radius 1 is 1.26 bits per heavy atom. The molecule has 1 aromatic carbocycles. The standard InChI is InChI=1S/C15H23NO2.ClH/c1-3-15(17-4-2)13-16(10-11-18-15)12-14-8-6-5-7-9-14;/h5-9H,3-4,10-13H2,1-2H3;1H. The van der Waals surface area contributed by atoms with E-state index in [0.29, 0.717) is 6.61 Å². The molecular formula is C15H24ClNO2. The van der Waals surface area contributed by atoms with Gasteiger partial charge < -0.3 is 9.47 Å². The minimum absolute atomic E-state index is 0. The zero-order valence-corrected chi connectivity index (χ0v) is 12.6. The largest absolute Gasteiger partial charge is 0.349 e. The highest BCUT2D eigenvalue weighted by Crippen LogP contribution is 2.24. The second-order valence-electron chi connectivity index (χ2n) is 4.74. The van der Waals surface area contributed by atoms with Gasteiger partial charge in [0.1, 0.15) is 0 Å². The van der Waals surface area contributed by atoms with Gasteiger partial charge in [0.05, 0.1) is 13.2 Å². The lowest BCUT2D eigenvalue weighted by molar-refractivity contribution is -0.267. The summed E-state index contributed by atoms with van der Waals surface area (Å²) in [6.07, 6.45) is 0.895. The molecule has 1 fully saturated rings. The zero-order valence-electron chi connectivity index (χ0n) is 11.8. The average Bonchev–Trinajstić information content (AvgIpc) is 2.41. The third-order valence-corrected chi connectivity index (χ3v) is 3.43. The number of benzene rings is 1. The van der Waals surface area contributed by atoms with Crippen molar-refractivity contribution in [3.05, 3.63) is 35.9 Å². The average molecular weight is 286 g/mol. The molecule has 19 heavy (non-hydrogen) atoms. The number of rotatable bonds is 5. The van der Waals surface area contributed by atoms with E-state index < -0.39 is 5.79 Å². The molecule has 0 aromatic heterocycles. The van der Waals surface area contributed by atoms with E-state index in [1.807, 2.05) is 6.92 Å². The summed E-state index contributed by atoms with van der Waals surface area (Å²) in [6, 6.07) is 10.6. The normalized spacial score (nSPS) is 23.9. The van der Waals surface area contributed by atoms with Crippen LogP contribution in [-0.2, 0) is 16.0 Å². The molecule has 0 spiro atoms. The summed E-state index contributed by atoms with van der Waals surface area (Å²) in [5, 5.41) is 0. The fourth-order valence-electron chi connectivity index (χ4n) is 2.47. The van der Waals surface area contributed by atoms with Crippen LogP contribution in [0.15, 0.2) is 30.3 Å². The van der Waals surface area contributed by atoms with Gasteiger partial charge in [-0.3, -0.25) is 4.90 Å². The lowest BCUT2D eigenvalue weighted by Crippen LogP contribution is -2.52. The maximum absolute atomic E-state index is 5.86. The lowest BCUT2D eigenvalue weighted by atomic mass is 10.1. The van der Waals surface area contributed by atoms with E-state index in [9.17, 15) is 0 Å². The fraction of sp³-hybridized carbons (Fsp3) is 0.600. The third kappa shape index (κ3) is 4.46. The second kappa shape index (κ2) is 7.85. The number of ether oxygens (including phenoxy) is 2. The topological polar surface area (TPSA) is 21.7 Å². The van der Waals surface area contributed by atoms with Gasteiger partial charge in [-0.05, 0) is 18.9 Å². The molecular weight excluding hydrogens is 262 g/mol. The maximum Gasteiger partial charge on any atom is 0.180 e. The molecule has 4 heteroatoms. The Morgan fingerprint density at radius 3 is 2.63 bits per heavy atom. The number of morpholine rings is 1. The van der Waals surface area contributed by atoms with Crippen molar-refractivity contribution in [3.63, 3.8) is 0 Å². The molecule has 0 bridgehead atoms. The van der Waals surface area contributed by atoms with Crippen LogP contribution in [0.2, 0.25) is 0 Å². The summed E-state index contributed by atoms with van der Waals surface area (Å²) < 4.78 is 11.7. The van der Waals surface area contributed by atoms with Gasteiger partial charge >= 0.3 is 0 Å². The molecule has 0 saturated carbocycles.